The Labute approximate surface area is 140 Å². The van der Waals surface area contributed by atoms with Gasteiger partial charge in [0.05, 0.1) is 12.9 Å². The van der Waals surface area contributed by atoms with Crippen molar-refractivity contribution in [2.45, 2.75) is 19.6 Å². The number of ether oxygens (including phenoxy) is 1. The zero-order valence-electron chi connectivity index (χ0n) is 13.5. The fraction of sp³-hybridized carbons (Fsp3) is 0.278. The van der Waals surface area contributed by atoms with Gasteiger partial charge >= 0.3 is 0 Å². The summed E-state index contributed by atoms with van der Waals surface area (Å²) in [6, 6.07) is 10.7. The zero-order chi connectivity index (χ0) is 16.8. The third-order valence-corrected chi connectivity index (χ3v) is 4.38. The molecule has 0 fully saturated rings. The number of hydrogen-bond donors (Lipinski definition) is 1. The van der Waals surface area contributed by atoms with Gasteiger partial charge in [-0.3, -0.25) is 4.79 Å². The van der Waals surface area contributed by atoms with Crippen molar-refractivity contribution in [3.05, 3.63) is 58.9 Å². The van der Waals surface area contributed by atoms with Gasteiger partial charge in [0.2, 0.25) is 5.91 Å². The van der Waals surface area contributed by atoms with E-state index < -0.39 is 0 Å². The number of anilines is 1. The fourth-order valence-electron chi connectivity index (χ4n) is 2.20. The first-order chi connectivity index (χ1) is 11.0. The first-order valence-electron chi connectivity index (χ1n) is 7.27. The lowest BCUT2D eigenvalue weighted by Gasteiger charge is -2.09. The Balaban J connectivity index is 1.84. The molecule has 0 aliphatic rings. The van der Waals surface area contributed by atoms with E-state index in [1.807, 2.05) is 32.0 Å². The molecule has 3 nitrogen and oxygen atoms in total. The molecule has 23 heavy (non-hydrogen) atoms. The number of nitrogens with one attached hydrogen (secondary N) is 1. The summed E-state index contributed by atoms with van der Waals surface area (Å²) in [7, 11) is 1.43. The molecule has 0 radical (unpaired) electrons. The second-order valence-electron chi connectivity index (χ2n) is 5.33. The number of thioether (sulfide) groups is 1. The van der Waals surface area contributed by atoms with Gasteiger partial charge < -0.3 is 10.1 Å². The summed E-state index contributed by atoms with van der Waals surface area (Å²) in [6.07, 6.45) is 0. The summed E-state index contributed by atoms with van der Waals surface area (Å²) in [5.41, 5.74) is 3.86. The molecule has 0 aliphatic carbocycles. The van der Waals surface area contributed by atoms with Gasteiger partial charge in [-0.1, -0.05) is 23.8 Å². The Morgan fingerprint density at radius 2 is 2.00 bits per heavy atom. The highest BCUT2D eigenvalue weighted by molar-refractivity contribution is 7.99. The van der Waals surface area contributed by atoms with E-state index in [4.69, 9.17) is 4.74 Å². The lowest BCUT2D eigenvalue weighted by atomic mass is 10.1. The maximum atomic E-state index is 13.6. The number of rotatable bonds is 6. The average molecular weight is 333 g/mol. The Morgan fingerprint density at radius 3 is 2.65 bits per heavy atom. The first kappa shape index (κ1) is 17.3. The highest BCUT2D eigenvalue weighted by atomic mass is 32.2. The normalized spacial score (nSPS) is 10.4. The van der Waals surface area contributed by atoms with Gasteiger partial charge in [0, 0.05) is 11.4 Å². The minimum Gasteiger partial charge on any atom is -0.494 e. The molecule has 0 unspecified atom stereocenters. The topological polar surface area (TPSA) is 38.3 Å². The summed E-state index contributed by atoms with van der Waals surface area (Å²) in [5.74, 6) is 0.676. The number of amides is 1. The second kappa shape index (κ2) is 8.02. The molecule has 0 heterocycles. The van der Waals surface area contributed by atoms with Crippen molar-refractivity contribution in [3.8, 4) is 5.75 Å². The number of carbonyl (C=O) groups is 1. The smallest absolute Gasteiger partial charge is 0.234 e. The molecule has 5 heteroatoms. The molecule has 0 spiro atoms. The van der Waals surface area contributed by atoms with Crippen molar-refractivity contribution in [2.75, 3.05) is 18.2 Å². The lowest BCUT2D eigenvalue weighted by molar-refractivity contribution is -0.113. The Hall–Kier alpha value is -2.01. The highest BCUT2D eigenvalue weighted by Crippen LogP contribution is 2.21. The van der Waals surface area contributed by atoms with Crippen molar-refractivity contribution >= 4 is 23.4 Å². The van der Waals surface area contributed by atoms with Crippen LogP contribution in [0.25, 0.3) is 0 Å². The predicted molar refractivity (Wildman–Crippen MR) is 93.7 cm³/mol. The number of methoxy groups -OCH3 is 1. The van der Waals surface area contributed by atoms with Crippen LogP contribution in [0.3, 0.4) is 0 Å². The predicted octanol–water partition coefficient (Wildman–Crippen LogP) is 4.32. The summed E-state index contributed by atoms with van der Waals surface area (Å²) >= 11 is 1.45. The molecule has 0 atom stereocenters. The van der Waals surface area contributed by atoms with E-state index in [2.05, 4.69) is 5.32 Å². The van der Waals surface area contributed by atoms with E-state index in [9.17, 15) is 9.18 Å². The van der Waals surface area contributed by atoms with E-state index in [0.29, 0.717) is 11.5 Å². The molecule has 1 amide bonds. The van der Waals surface area contributed by atoms with Crippen LogP contribution >= 0.6 is 11.8 Å². The molecule has 2 aromatic rings. The van der Waals surface area contributed by atoms with E-state index in [1.54, 1.807) is 12.1 Å². The maximum Gasteiger partial charge on any atom is 0.234 e. The highest BCUT2D eigenvalue weighted by Gasteiger charge is 2.07. The monoisotopic (exact) mass is 333 g/mol. The quantitative estimate of drug-likeness (QED) is 0.855. The van der Waals surface area contributed by atoms with Gasteiger partial charge in [-0.25, -0.2) is 4.39 Å². The van der Waals surface area contributed by atoms with Crippen LogP contribution in [0, 0.1) is 19.7 Å². The SMILES string of the molecule is COc1ccc(CSCC(=O)Nc2ccc(C)cc2C)cc1F. The van der Waals surface area contributed by atoms with Crippen molar-refractivity contribution in [2.24, 2.45) is 0 Å². The van der Waals surface area contributed by atoms with Crippen LogP contribution in [0.2, 0.25) is 0 Å². The van der Waals surface area contributed by atoms with Gasteiger partial charge in [-0.05, 0) is 43.2 Å². The van der Waals surface area contributed by atoms with Gasteiger partial charge in [0.15, 0.2) is 11.6 Å². The molecule has 0 aromatic heterocycles. The molecule has 122 valence electrons. The summed E-state index contributed by atoms with van der Waals surface area (Å²) in [6.45, 7) is 3.98. The van der Waals surface area contributed by atoms with Crippen LogP contribution in [0.15, 0.2) is 36.4 Å². The zero-order valence-corrected chi connectivity index (χ0v) is 14.3. The minimum atomic E-state index is -0.384. The molecule has 1 N–H and O–H groups in total. The maximum absolute atomic E-state index is 13.6. The fourth-order valence-corrected chi connectivity index (χ4v) is 2.98. The van der Waals surface area contributed by atoms with Crippen LogP contribution in [-0.4, -0.2) is 18.8 Å². The van der Waals surface area contributed by atoms with E-state index in [0.717, 1.165) is 22.4 Å². The van der Waals surface area contributed by atoms with Gasteiger partial charge in [-0.2, -0.15) is 0 Å². The molecule has 0 saturated heterocycles. The molecule has 0 aliphatic heterocycles. The number of carbonyl (C=O) groups excluding carboxylic acids is 1. The Kier molecular flexibility index (Phi) is 6.04. The largest absolute Gasteiger partial charge is 0.494 e. The standard InChI is InChI=1S/C18H20FNO2S/c1-12-4-6-16(13(2)8-12)20-18(21)11-23-10-14-5-7-17(22-3)15(19)9-14/h4-9H,10-11H2,1-3H3,(H,20,21). The van der Waals surface area contributed by atoms with Crippen molar-refractivity contribution in [3.63, 3.8) is 0 Å². The Bertz CT molecular complexity index is 703. The van der Waals surface area contributed by atoms with Crippen LogP contribution < -0.4 is 10.1 Å². The van der Waals surface area contributed by atoms with Crippen LogP contribution in [-0.2, 0) is 10.5 Å². The van der Waals surface area contributed by atoms with Gasteiger partial charge in [0.1, 0.15) is 0 Å². The number of hydrogen-bond acceptors (Lipinski definition) is 3. The number of benzene rings is 2. The van der Waals surface area contributed by atoms with Crippen LogP contribution in [0.4, 0.5) is 10.1 Å². The van der Waals surface area contributed by atoms with Crippen molar-refractivity contribution in [1.29, 1.82) is 0 Å². The van der Waals surface area contributed by atoms with Gasteiger partial charge in [0.25, 0.3) is 0 Å². The number of halogens is 1. The molecule has 2 rings (SSSR count). The van der Waals surface area contributed by atoms with Crippen LogP contribution in [0.5, 0.6) is 5.75 Å². The third-order valence-electron chi connectivity index (χ3n) is 3.37. The molecule has 2 aromatic carbocycles. The van der Waals surface area contributed by atoms with E-state index in [1.165, 1.54) is 24.9 Å². The molecule has 0 saturated carbocycles. The van der Waals surface area contributed by atoms with E-state index >= 15 is 0 Å². The molecular weight excluding hydrogens is 313 g/mol. The lowest BCUT2D eigenvalue weighted by Crippen LogP contribution is -2.15. The molecule has 0 bridgehead atoms. The van der Waals surface area contributed by atoms with Gasteiger partial charge in [-0.15, -0.1) is 11.8 Å². The summed E-state index contributed by atoms with van der Waals surface area (Å²) in [4.78, 5) is 12.0. The average Bonchev–Trinajstić information content (AvgIpc) is 2.50. The van der Waals surface area contributed by atoms with Crippen molar-refractivity contribution < 1.29 is 13.9 Å². The minimum absolute atomic E-state index is 0.0593. The third kappa shape index (κ3) is 4.99. The summed E-state index contributed by atoms with van der Waals surface area (Å²) < 4.78 is 18.5. The van der Waals surface area contributed by atoms with Crippen molar-refractivity contribution in [1.82, 2.24) is 0 Å². The first-order valence-corrected chi connectivity index (χ1v) is 8.42. The second-order valence-corrected chi connectivity index (χ2v) is 6.31. The number of aryl methyl sites for hydroxylation is 2. The van der Waals surface area contributed by atoms with E-state index in [-0.39, 0.29) is 17.5 Å². The van der Waals surface area contributed by atoms with Crippen LogP contribution in [0.1, 0.15) is 16.7 Å². The molecular formula is C18H20FNO2S. The summed E-state index contributed by atoms with van der Waals surface area (Å²) in [5, 5.41) is 2.90. The Morgan fingerprint density at radius 1 is 1.22 bits per heavy atom.